The van der Waals surface area contributed by atoms with Crippen LogP contribution < -0.4 is 10.9 Å². The molecule has 4 rings (SSSR count). The molecule has 2 N–H and O–H groups in total. The van der Waals surface area contributed by atoms with Crippen molar-refractivity contribution < 1.29 is 4.79 Å². The Balaban J connectivity index is 1.69. The molecule has 0 bridgehead atoms. The Morgan fingerprint density at radius 1 is 1.04 bits per heavy atom. The summed E-state index contributed by atoms with van der Waals surface area (Å²) in [6, 6.07) is 17.9. The van der Waals surface area contributed by atoms with E-state index < -0.39 is 0 Å². The zero-order valence-electron chi connectivity index (χ0n) is 12.8. The molecule has 1 fully saturated rings. The van der Waals surface area contributed by atoms with Crippen molar-refractivity contribution in [3.63, 3.8) is 0 Å². The molecular formula is C18H15N5O. The first kappa shape index (κ1) is 14.5. The van der Waals surface area contributed by atoms with Gasteiger partial charge < -0.3 is 5.43 Å². The predicted octanol–water partition coefficient (Wildman–Crippen LogP) is 2.71. The molecule has 3 aromatic rings. The molecule has 118 valence electrons. The summed E-state index contributed by atoms with van der Waals surface area (Å²) in [7, 11) is 0. The van der Waals surface area contributed by atoms with E-state index in [4.69, 9.17) is 0 Å². The molecule has 6 nitrogen and oxygen atoms in total. The number of hydrogen-bond acceptors (Lipinski definition) is 5. The molecule has 1 unspecified atom stereocenters. The number of amidine groups is 1. The van der Waals surface area contributed by atoms with Gasteiger partial charge in [-0.15, -0.1) is 0 Å². The maximum atomic E-state index is 11.1. The van der Waals surface area contributed by atoms with Crippen molar-refractivity contribution in [3.05, 3.63) is 66.0 Å². The molecule has 0 spiro atoms. The van der Waals surface area contributed by atoms with E-state index >= 15 is 0 Å². The second kappa shape index (κ2) is 6.17. The minimum atomic E-state index is 0.138. The van der Waals surface area contributed by atoms with E-state index in [1.807, 2.05) is 42.5 Å². The van der Waals surface area contributed by atoms with Crippen molar-refractivity contribution in [1.29, 1.82) is 0 Å². The van der Waals surface area contributed by atoms with Crippen LogP contribution in [0.5, 0.6) is 0 Å². The lowest BCUT2D eigenvalue weighted by atomic mass is 10.1. The SMILES string of the molecule is O=Cc1nc(N=C2CC(c3ccccc3)NN2)c2ccccc2n1. The lowest BCUT2D eigenvalue weighted by molar-refractivity contribution is 0.111. The van der Waals surface area contributed by atoms with Gasteiger partial charge in [-0.2, -0.15) is 0 Å². The summed E-state index contributed by atoms with van der Waals surface area (Å²) >= 11 is 0. The molecule has 6 heteroatoms. The van der Waals surface area contributed by atoms with Crippen molar-refractivity contribution in [1.82, 2.24) is 20.8 Å². The Labute approximate surface area is 138 Å². The number of para-hydroxylation sites is 1. The zero-order chi connectivity index (χ0) is 16.4. The normalized spacial score (nSPS) is 18.7. The van der Waals surface area contributed by atoms with Gasteiger partial charge in [-0.1, -0.05) is 42.5 Å². The molecule has 0 radical (unpaired) electrons. The summed E-state index contributed by atoms with van der Waals surface area (Å²) in [6.45, 7) is 0. The van der Waals surface area contributed by atoms with Crippen molar-refractivity contribution in [2.24, 2.45) is 4.99 Å². The largest absolute Gasteiger partial charge is 0.309 e. The van der Waals surface area contributed by atoms with E-state index in [2.05, 4.69) is 37.9 Å². The summed E-state index contributed by atoms with van der Waals surface area (Å²) in [5.74, 6) is 1.42. The summed E-state index contributed by atoms with van der Waals surface area (Å²) in [4.78, 5) is 24.1. The average Bonchev–Trinajstić information content (AvgIpc) is 3.11. The molecule has 2 aromatic carbocycles. The maximum Gasteiger partial charge on any atom is 0.195 e. The lowest BCUT2D eigenvalue weighted by Gasteiger charge is -2.07. The monoisotopic (exact) mass is 317 g/mol. The lowest BCUT2D eigenvalue weighted by Crippen LogP contribution is -2.27. The van der Waals surface area contributed by atoms with Gasteiger partial charge >= 0.3 is 0 Å². The highest BCUT2D eigenvalue weighted by Gasteiger charge is 2.21. The Bertz CT molecular complexity index is 923. The topological polar surface area (TPSA) is 79.3 Å². The summed E-state index contributed by atoms with van der Waals surface area (Å²) in [5.41, 5.74) is 8.23. The highest BCUT2D eigenvalue weighted by atomic mass is 16.1. The minimum Gasteiger partial charge on any atom is -0.309 e. The third-order valence-corrected chi connectivity index (χ3v) is 3.94. The van der Waals surface area contributed by atoms with E-state index in [0.29, 0.717) is 17.6 Å². The molecule has 1 aliphatic heterocycles. The van der Waals surface area contributed by atoms with Crippen LogP contribution in [0.4, 0.5) is 5.82 Å². The fourth-order valence-electron chi connectivity index (χ4n) is 2.77. The average molecular weight is 317 g/mol. The molecule has 1 aromatic heterocycles. The van der Waals surface area contributed by atoms with Crippen LogP contribution in [0.3, 0.4) is 0 Å². The van der Waals surface area contributed by atoms with E-state index in [9.17, 15) is 4.79 Å². The highest BCUT2D eigenvalue weighted by molar-refractivity contribution is 5.94. The van der Waals surface area contributed by atoms with Crippen LogP contribution >= 0.6 is 0 Å². The van der Waals surface area contributed by atoms with Crippen LogP contribution in [-0.4, -0.2) is 22.1 Å². The number of hydrogen-bond donors (Lipinski definition) is 2. The molecule has 0 amide bonds. The number of benzene rings is 2. The Morgan fingerprint density at radius 2 is 1.83 bits per heavy atom. The Morgan fingerprint density at radius 3 is 2.67 bits per heavy atom. The fourth-order valence-corrected chi connectivity index (χ4v) is 2.77. The molecule has 1 atom stereocenters. The van der Waals surface area contributed by atoms with E-state index in [1.165, 1.54) is 5.56 Å². The van der Waals surface area contributed by atoms with Crippen molar-refractivity contribution in [3.8, 4) is 0 Å². The number of aromatic nitrogens is 2. The standard InChI is InChI=1S/C18H15N5O/c24-11-17-19-14-9-5-4-8-13(14)18(21-17)20-16-10-15(22-23-16)12-6-2-1-3-7-12/h1-9,11,15,22H,10H2,(H,19,20,21,23). The van der Waals surface area contributed by atoms with Gasteiger partial charge in [-0.3, -0.25) is 4.79 Å². The van der Waals surface area contributed by atoms with Crippen molar-refractivity contribution in [2.75, 3.05) is 0 Å². The minimum absolute atomic E-state index is 0.138. The van der Waals surface area contributed by atoms with Crippen molar-refractivity contribution >= 4 is 28.8 Å². The van der Waals surface area contributed by atoms with Gasteiger partial charge in [0.2, 0.25) is 0 Å². The third-order valence-electron chi connectivity index (χ3n) is 3.94. The molecule has 1 saturated heterocycles. The summed E-state index contributed by atoms with van der Waals surface area (Å²) in [5, 5.41) is 0.820. The van der Waals surface area contributed by atoms with Gasteiger partial charge in [-0.25, -0.2) is 20.4 Å². The van der Waals surface area contributed by atoms with Crippen molar-refractivity contribution in [2.45, 2.75) is 12.5 Å². The summed E-state index contributed by atoms with van der Waals surface area (Å²) < 4.78 is 0. The highest BCUT2D eigenvalue weighted by Crippen LogP contribution is 2.25. The quantitative estimate of drug-likeness (QED) is 0.726. The van der Waals surface area contributed by atoms with Gasteiger partial charge in [-0.05, 0) is 17.7 Å². The van der Waals surface area contributed by atoms with Crippen LogP contribution in [0.1, 0.15) is 28.6 Å². The number of nitrogens with one attached hydrogen (secondary N) is 2. The van der Waals surface area contributed by atoms with Gasteiger partial charge in [0.05, 0.1) is 11.6 Å². The van der Waals surface area contributed by atoms with Gasteiger partial charge in [0.25, 0.3) is 0 Å². The second-order valence-electron chi connectivity index (χ2n) is 5.54. The second-order valence-corrected chi connectivity index (χ2v) is 5.54. The number of nitrogens with zero attached hydrogens (tertiary/aromatic N) is 3. The zero-order valence-corrected chi connectivity index (χ0v) is 12.8. The molecule has 0 saturated carbocycles. The number of rotatable bonds is 3. The maximum absolute atomic E-state index is 11.1. The van der Waals surface area contributed by atoms with Crippen LogP contribution in [0.15, 0.2) is 59.6 Å². The Hall–Kier alpha value is -3.12. The summed E-state index contributed by atoms with van der Waals surface area (Å²) in [6.07, 6.45) is 1.36. The fraction of sp³-hybridized carbons (Fsp3) is 0.111. The first-order chi connectivity index (χ1) is 11.8. The molecular weight excluding hydrogens is 302 g/mol. The number of carbonyl (C=O) groups is 1. The van der Waals surface area contributed by atoms with Crippen LogP contribution in [0, 0.1) is 0 Å². The molecule has 24 heavy (non-hydrogen) atoms. The van der Waals surface area contributed by atoms with Crippen LogP contribution in [0.25, 0.3) is 10.9 Å². The molecule has 2 heterocycles. The number of aliphatic imine (C=N–C) groups is 1. The number of aldehydes is 1. The number of carbonyl (C=O) groups excluding carboxylic acids is 1. The van der Waals surface area contributed by atoms with E-state index in [1.54, 1.807) is 0 Å². The first-order valence-electron chi connectivity index (χ1n) is 7.69. The third kappa shape index (κ3) is 2.75. The van der Waals surface area contributed by atoms with Gasteiger partial charge in [0.1, 0.15) is 5.84 Å². The van der Waals surface area contributed by atoms with Crippen LogP contribution in [-0.2, 0) is 0 Å². The van der Waals surface area contributed by atoms with E-state index in [-0.39, 0.29) is 11.9 Å². The predicted molar refractivity (Wildman–Crippen MR) is 92.1 cm³/mol. The van der Waals surface area contributed by atoms with Crippen LogP contribution in [0.2, 0.25) is 0 Å². The van der Waals surface area contributed by atoms with Gasteiger partial charge in [0.15, 0.2) is 17.9 Å². The first-order valence-corrected chi connectivity index (χ1v) is 7.69. The number of fused-ring (bicyclic) bond motifs is 1. The smallest absolute Gasteiger partial charge is 0.195 e. The van der Waals surface area contributed by atoms with E-state index in [0.717, 1.165) is 17.6 Å². The Kier molecular flexibility index (Phi) is 3.72. The molecule has 0 aliphatic carbocycles. The number of hydrazine groups is 1. The van der Waals surface area contributed by atoms with Gasteiger partial charge in [0, 0.05) is 11.8 Å². The molecule has 1 aliphatic rings.